The molecule has 1 fully saturated rings. The highest BCUT2D eigenvalue weighted by molar-refractivity contribution is 5.70. The Morgan fingerprint density at radius 3 is 3.06 bits per heavy atom. The van der Waals surface area contributed by atoms with Crippen LogP contribution in [-0.2, 0) is 0 Å². The number of aromatic nitrogens is 4. The van der Waals surface area contributed by atoms with Crippen molar-refractivity contribution in [2.75, 3.05) is 18.8 Å². The fourth-order valence-electron chi connectivity index (χ4n) is 2.12. The van der Waals surface area contributed by atoms with Gasteiger partial charge in [0.05, 0.1) is 18.5 Å². The SMILES string of the molecule is Nc1nc2c(ncn2[C@@H]2CNC[C@H]2O)c(=O)[nH]1. The molecule has 3 heterocycles. The molecule has 2 atom stereocenters. The Balaban J connectivity index is 2.21. The van der Waals surface area contributed by atoms with Gasteiger partial charge in [0.15, 0.2) is 11.2 Å². The summed E-state index contributed by atoms with van der Waals surface area (Å²) < 4.78 is 1.69. The molecule has 0 bridgehead atoms. The van der Waals surface area contributed by atoms with Gasteiger partial charge in [0.25, 0.3) is 5.56 Å². The van der Waals surface area contributed by atoms with Crippen molar-refractivity contribution in [1.82, 2.24) is 24.8 Å². The number of nitrogens with one attached hydrogen (secondary N) is 2. The maximum atomic E-state index is 11.6. The van der Waals surface area contributed by atoms with Crippen molar-refractivity contribution in [3.63, 3.8) is 0 Å². The second-order valence-electron chi connectivity index (χ2n) is 4.07. The second-order valence-corrected chi connectivity index (χ2v) is 4.07. The molecule has 1 saturated heterocycles. The van der Waals surface area contributed by atoms with Gasteiger partial charge in [-0.2, -0.15) is 4.98 Å². The van der Waals surface area contributed by atoms with Crippen LogP contribution in [0.5, 0.6) is 0 Å². The van der Waals surface area contributed by atoms with Crippen molar-refractivity contribution in [3.8, 4) is 0 Å². The second kappa shape index (κ2) is 3.54. The molecule has 5 N–H and O–H groups in total. The van der Waals surface area contributed by atoms with E-state index in [0.717, 1.165) is 0 Å². The van der Waals surface area contributed by atoms with Gasteiger partial charge in [-0.1, -0.05) is 0 Å². The molecule has 90 valence electrons. The van der Waals surface area contributed by atoms with Gasteiger partial charge < -0.3 is 20.7 Å². The van der Waals surface area contributed by atoms with Crippen LogP contribution in [0, 0.1) is 0 Å². The van der Waals surface area contributed by atoms with Crippen LogP contribution in [0.25, 0.3) is 11.2 Å². The van der Waals surface area contributed by atoms with Crippen LogP contribution in [0.3, 0.4) is 0 Å². The smallest absolute Gasteiger partial charge is 0.280 e. The van der Waals surface area contributed by atoms with Gasteiger partial charge in [0.2, 0.25) is 5.95 Å². The van der Waals surface area contributed by atoms with E-state index < -0.39 is 6.10 Å². The predicted octanol–water partition coefficient (Wildman–Crippen LogP) is -1.79. The first-order valence-corrected chi connectivity index (χ1v) is 5.28. The summed E-state index contributed by atoms with van der Waals surface area (Å²) in [5.41, 5.74) is 5.77. The Bertz CT molecular complexity index is 617. The zero-order valence-corrected chi connectivity index (χ0v) is 8.92. The average molecular weight is 236 g/mol. The van der Waals surface area contributed by atoms with Crippen molar-refractivity contribution in [3.05, 3.63) is 16.7 Å². The summed E-state index contributed by atoms with van der Waals surface area (Å²) in [7, 11) is 0. The quantitative estimate of drug-likeness (QED) is 0.464. The van der Waals surface area contributed by atoms with Gasteiger partial charge in [0.1, 0.15) is 0 Å². The van der Waals surface area contributed by atoms with Crippen LogP contribution in [0.2, 0.25) is 0 Å². The average Bonchev–Trinajstić information content (AvgIpc) is 2.84. The molecule has 0 saturated carbocycles. The van der Waals surface area contributed by atoms with Crippen LogP contribution in [0.15, 0.2) is 11.1 Å². The molecule has 0 radical (unpaired) electrons. The standard InChI is InChI=1S/C9H12N6O2/c10-9-13-7-6(8(17)14-9)12-3-15(7)4-1-11-2-5(4)16/h3-5,11,16H,1-2H2,(H3,10,13,14,17)/t4-,5-/m1/s1. The van der Waals surface area contributed by atoms with Gasteiger partial charge in [0, 0.05) is 13.1 Å². The van der Waals surface area contributed by atoms with Gasteiger partial charge in [-0.3, -0.25) is 9.78 Å². The highest BCUT2D eigenvalue weighted by Crippen LogP contribution is 2.19. The minimum atomic E-state index is -0.519. The van der Waals surface area contributed by atoms with E-state index in [4.69, 9.17) is 5.73 Å². The Labute approximate surface area is 95.5 Å². The number of aliphatic hydroxyl groups excluding tert-OH is 1. The largest absolute Gasteiger partial charge is 0.390 e. The summed E-state index contributed by atoms with van der Waals surface area (Å²) in [5.74, 6) is 0.0460. The monoisotopic (exact) mass is 236 g/mol. The first-order valence-electron chi connectivity index (χ1n) is 5.28. The Morgan fingerprint density at radius 1 is 1.53 bits per heavy atom. The number of nitrogens with two attached hydrogens (primary N) is 1. The number of hydrogen-bond donors (Lipinski definition) is 4. The summed E-state index contributed by atoms with van der Waals surface area (Å²) in [5, 5.41) is 12.9. The maximum Gasteiger partial charge on any atom is 0.280 e. The van der Waals surface area contributed by atoms with Crippen LogP contribution in [0.4, 0.5) is 5.95 Å². The van der Waals surface area contributed by atoms with Crippen LogP contribution in [-0.4, -0.2) is 43.8 Å². The van der Waals surface area contributed by atoms with Gasteiger partial charge >= 0.3 is 0 Å². The fraction of sp³-hybridized carbons (Fsp3) is 0.444. The van der Waals surface area contributed by atoms with Crippen molar-refractivity contribution in [2.24, 2.45) is 0 Å². The van der Waals surface area contributed by atoms with Crippen LogP contribution in [0.1, 0.15) is 6.04 Å². The van der Waals surface area contributed by atoms with E-state index in [1.165, 1.54) is 6.33 Å². The van der Waals surface area contributed by atoms with Crippen molar-refractivity contribution in [1.29, 1.82) is 0 Å². The Kier molecular flexibility index (Phi) is 2.13. The van der Waals surface area contributed by atoms with Crippen molar-refractivity contribution < 1.29 is 5.11 Å². The van der Waals surface area contributed by atoms with Crippen molar-refractivity contribution >= 4 is 17.1 Å². The zero-order valence-electron chi connectivity index (χ0n) is 8.92. The lowest BCUT2D eigenvalue weighted by Gasteiger charge is -2.15. The number of nitrogens with zero attached hydrogens (tertiary/aromatic N) is 3. The highest BCUT2D eigenvalue weighted by Gasteiger charge is 2.28. The molecule has 2 aromatic heterocycles. The van der Waals surface area contributed by atoms with E-state index >= 15 is 0 Å². The van der Waals surface area contributed by atoms with Gasteiger partial charge in [-0.05, 0) is 0 Å². The number of hydrogen-bond acceptors (Lipinski definition) is 6. The number of aromatic amines is 1. The van der Waals surface area contributed by atoms with Crippen molar-refractivity contribution in [2.45, 2.75) is 12.1 Å². The third kappa shape index (κ3) is 1.49. The molecule has 0 spiro atoms. The predicted molar refractivity (Wildman–Crippen MR) is 60.5 cm³/mol. The lowest BCUT2D eigenvalue weighted by Crippen LogP contribution is -2.22. The summed E-state index contributed by atoms with van der Waals surface area (Å²) in [4.78, 5) is 22.0. The maximum absolute atomic E-state index is 11.6. The number of nitrogen functional groups attached to an aromatic ring is 1. The molecule has 2 aromatic rings. The molecule has 8 nitrogen and oxygen atoms in total. The first kappa shape index (κ1) is 10.2. The Hall–Kier alpha value is -1.93. The first-order chi connectivity index (χ1) is 8.16. The summed E-state index contributed by atoms with van der Waals surface area (Å²) in [6.07, 6.45) is 0.988. The van der Waals surface area contributed by atoms with E-state index in [1.807, 2.05) is 0 Å². The summed E-state index contributed by atoms with van der Waals surface area (Å²) >= 11 is 0. The molecule has 0 amide bonds. The third-order valence-electron chi connectivity index (χ3n) is 2.96. The van der Waals surface area contributed by atoms with Crippen LogP contribution < -0.4 is 16.6 Å². The minimum absolute atomic E-state index is 0.0460. The molecular formula is C9H12N6O2. The number of anilines is 1. The summed E-state index contributed by atoms with van der Waals surface area (Å²) in [6.45, 7) is 1.13. The molecule has 1 aliphatic heterocycles. The van der Waals surface area contributed by atoms with E-state index in [-0.39, 0.29) is 23.1 Å². The van der Waals surface area contributed by atoms with E-state index in [0.29, 0.717) is 18.7 Å². The topological polar surface area (TPSA) is 122 Å². The molecule has 0 aliphatic carbocycles. The minimum Gasteiger partial charge on any atom is -0.390 e. The number of β-amino-alcohol motifs (C(OH)–C–C–N with tert-alkyl or cyclic N) is 1. The molecule has 17 heavy (non-hydrogen) atoms. The van der Waals surface area contributed by atoms with Gasteiger partial charge in [-0.25, -0.2) is 4.98 Å². The number of fused-ring (bicyclic) bond motifs is 1. The fourth-order valence-corrected chi connectivity index (χ4v) is 2.12. The molecule has 8 heteroatoms. The molecule has 0 aromatic carbocycles. The van der Waals surface area contributed by atoms with Gasteiger partial charge in [-0.15, -0.1) is 0 Å². The number of aliphatic hydroxyl groups is 1. The van der Waals surface area contributed by atoms with E-state index in [9.17, 15) is 9.90 Å². The van der Waals surface area contributed by atoms with E-state index in [2.05, 4.69) is 20.3 Å². The molecule has 1 aliphatic rings. The number of rotatable bonds is 1. The Morgan fingerprint density at radius 2 is 2.35 bits per heavy atom. The highest BCUT2D eigenvalue weighted by atomic mass is 16.3. The molecule has 0 unspecified atom stereocenters. The lowest BCUT2D eigenvalue weighted by atomic mass is 10.2. The number of H-pyrrole nitrogens is 1. The normalized spacial score (nSPS) is 24.5. The lowest BCUT2D eigenvalue weighted by molar-refractivity contribution is 0.152. The third-order valence-corrected chi connectivity index (χ3v) is 2.96. The molecule has 3 rings (SSSR count). The number of imidazole rings is 1. The zero-order chi connectivity index (χ0) is 12.0. The van der Waals surface area contributed by atoms with E-state index in [1.54, 1.807) is 4.57 Å². The summed E-state index contributed by atoms with van der Waals surface area (Å²) in [6, 6.07) is -0.173. The van der Waals surface area contributed by atoms with Crippen LogP contribution >= 0.6 is 0 Å². The molecular weight excluding hydrogens is 224 g/mol.